The molecule has 9 heteroatoms. The van der Waals surface area contributed by atoms with Crippen molar-refractivity contribution < 1.29 is 19.1 Å². The molecule has 0 radical (unpaired) electrons. The molecule has 2 aromatic heterocycles. The van der Waals surface area contributed by atoms with Crippen molar-refractivity contribution in [1.29, 1.82) is 0 Å². The van der Waals surface area contributed by atoms with E-state index in [-0.39, 0.29) is 11.6 Å². The second-order valence-electron chi connectivity index (χ2n) is 6.67. The van der Waals surface area contributed by atoms with Gasteiger partial charge in [0.2, 0.25) is 0 Å². The van der Waals surface area contributed by atoms with E-state index >= 15 is 0 Å². The number of hydrogen-bond donors (Lipinski definition) is 3. The Morgan fingerprint density at radius 3 is 2.55 bits per heavy atom. The first kappa shape index (κ1) is 22.2. The van der Waals surface area contributed by atoms with E-state index in [9.17, 15) is 14.4 Å². The molecule has 3 aromatic rings. The van der Waals surface area contributed by atoms with Crippen LogP contribution in [0.2, 0.25) is 0 Å². The van der Waals surface area contributed by atoms with Gasteiger partial charge >= 0.3 is 5.97 Å². The number of hydrogen-bond acceptors (Lipinski definition) is 5. The van der Waals surface area contributed by atoms with Gasteiger partial charge in [0.15, 0.2) is 0 Å². The summed E-state index contributed by atoms with van der Waals surface area (Å²) in [6.45, 7) is 3.56. The van der Waals surface area contributed by atoms with Crippen LogP contribution in [-0.2, 0) is 11.2 Å². The molecule has 3 N–H and O–H groups in total. The maximum absolute atomic E-state index is 12.8. The Morgan fingerprint density at radius 2 is 1.90 bits per heavy atom. The highest BCUT2D eigenvalue weighted by Crippen LogP contribution is 2.22. The van der Waals surface area contributed by atoms with Gasteiger partial charge in [-0.1, -0.05) is 13.0 Å². The molecule has 0 aliphatic heterocycles. The molecule has 0 atom stereocenters. The van der Waals surface area contributed by atoms with Crippen LogP contribution in [0.4, 0.5) is 11.5 Å². The average Bonchev–Trinajstić information content (AvgIpc) is 3.11. The van der Waals surface area contributed by atoms with E-state index in [1.54, 1.807) is 49.5 Å². The highest BCUT2D eigenvalue weighted by molar-refractivity contribution is 9.10. The molecule has 8 nitrogen and oxygen atoms in total. The zero-order chi connectivity index (χ0) is 22.5. The Balaban J connectivity index is 1.78. The zero-order valence-electron chi connectivity index (χ0n) is 17.2. The third-order valence-electron chi connectivity index (χ3n) is 4.65. The number of benzene rings is 1. The summed E-state index contributed by atoms with van der Waals surface area (Å²) < 4.78 is 5.63. The fraction of sp³-hybridized carbons (Fsp3) is 0.182. The Hall–Kier alpha value is -3.46. The first-order chi connectivity index (χ1) is 14.8. The number of esters is 1. The third kappa shape index (κ3) is 5.00. The molecule has 2 heterocycles. The van der Waals surface area contributed by atoms with Crippen LogP contribution >= 0.6 is 15.9 Å². The van der Waals surface area contributed by atoms with Crippen LogP contribution in [0.3, 0.4) is 0 Å². The minimum atomic E-state index is -0.495. The number of anilines is 2. The van der Waals surface area contributed by atoms with E-state index in [0.29, 0.717) is 40.3 Å². The summed E-state index contributed by atoms with van der Waals surface area (Å²) in [5.41, 5.74) is 2.57. The van der Waals surface area contributed by atoms with Crippen molar-refractivity contribution in [3.63, 3.8) is 0 Å². The van der Waals surface area contributed by atoms with E-state index in [4.69, 9.17) is 4.74 Å². The number of aromatic amines is 1. The Kier molecular flexibility index (Phi) is 6.86. The molecule has 2 amide bonds. The molecule has 0 saturated carbocycles. The summed E-state index contributed by atoms with van der Waals surface area (Å²) >= 11 is 3.29. The predicted octanol–water partition coefficient (Wildman–Crippen LogP) is 4.33. The third-order valence-corrected chi connectivity index (χ3v) is 5.12. The van der Waals surface area contributed by atoms with Crippen LogP contribution in [0.5, 0.6) is 0 Å². The molecule has 0 unspecified atom stereocenters. The lowest BCUT2D eigenvalue weighted by Crippen LogP contribution is -2.16. The van der Waals surface area contributed by atoms with Crippen LogP contribution in [0, 0.1) is 6.92 Å². The number of aryl methyl sites for hydroxylation is 1. The predicted molar refractivity (Wildman–Crippen MR) is 121 cm³/mol. The van der Waals surface area contributed by atoms with E-state index < -0.39 is 11.9 Å². The summed E-state index contributed by atoms with van der Waals surface area (Å²) in [6.07, 6.45) is 2.12. The Bertz CT molecular complexity index is 1140. The van der Waals surface area contributed by atoms with Crippen molar-refractivity contribution >= 4 is 45.2 Å². The monoisotopic (exact) mass is 484 g/mol. The standard InChI is InChI=1S/C22H21BrN4O4/c1-4-16-18(22(30)31-3)12(2)19(26-16)21(29)25-15-7-5-6-13(10-15)20(28)27-17-9-8-14(23)11-24-17/h5-11,26H,4H2,1-3H3,(H,25,29)(H,24,27,28). The lowest BCUT2D eigenvalue weighted by molar-refractivity contribution is 0.0598. The molecule has 0 spiro atoms. The maximum Gasteiger partial charge on any atom is 0.339 e. The van der Waals surface area contributed by atoms with E-state index in [1.807, 2.05) is 6.92 Å². The molecular weight excluding hydrogens is 464 g/mol. The van der Waals surface area contributed by atoms with Gasteiger partial charge in [0.1, 0.15) is 11.5 Å². The number of halogens is 1. The van der Waals surface area contributed by atoms with Gasteiger partial charge in [-0.05, 0) is 65.2 Å². The number of H-pyrrole nitrogens is 1. The lowest BCUT2D eigenvalue weighted by atomic mass is 10.1. The number of carbonyl (C=O) groups excluding carboxylic acids is 3. The van der Waals surface area contributed by atoms with Gasteiger partial charge in [0.05, 0.1) is 12.7 Å². The van der Waals surface area contributed by atoms with Gasteiger partial charge in [0.25, 0.3) is 11.8 Å². The number of pyridine rings is 1. The van der Waals surface area contributed by atoms with Crippen LogP contribution in [0.25, 0.3) is 0 Å². The van der Waals surface area contributed by atoms with Gasteiger partial charge in [-0.25, -0.2) is 9.78 Å². The fourth-order valence-corrected chi connectivity index (χ4v) is 3.33. The Labute approximate surface area is 187 Å². The normalized spacial score (nSPS) is 10.5. The SMILES string of the molecule is CCc1[nH]c(C(=O)Nc2cccc(C(=O)Nc3ccc(Br)cn3)c2)c(C)c1C(=O)OC. The van der Waals surface area contributed by atoms with Crippen LogP contribution in [0.15, 0.2) is 47.1 Å². The fourth-order valence-electron chi connectivity index (χ4n) is 3.10. The molecule has 160 valence electrons. The Morgan fingerprint density at radius 1 is 1.13 bits per heavy atom. The number of rotatable bonds is 6. The molecular formula is C22H21BrN4O4. The number of methoxy groups -OCH3 is 1. The van der Waals surface area contributed by atoms with Crippen LogP contribution < -0.4 is 10.6 Å². The molecule has 0 aliphatic carbocycles. The highest BCUT2D eigenvalue weighted by Gasteiger charge is 2.23. The van der Waals surface area contributed by atoms with Crippen LogP contribution in [-0.4, -0.2) is 34.9 Å². The van der Waals surface area contributed by atoms with Gasteiger partial charge < -0.3 is 20.4 Å². The summed E-state index contributed by atoms with van der Waals surface area (Å²) in [5, 5.41) is 5.47. The number of nitrogens with one attached hydrogen (secondary N) is 3. The topological polar surface area (TPSA) is 113 Å². The van der Waals surface area contributed by atoms with Gasteiger partial charge in [-0.3, -0.25) is 9.59 Å². The summed E-state index contributed by atoms with van der Waals surface area (Å²) in [4.78, 5) is 44.5. The minimum absolute atomic E-state index is 0.270. The largest absolute Gasteiger partial charge is 0.465 e. The van der Waals surface area contributed by atoms with Crippen molar-refractivity contribution in [3.8, 4) is 0 Å². The van der Waals surface area contributed by atoms with E-state index in [0.717, 1.165) is 4.47 Å². The molecule has 3 rings (SSSR count). The van der Waals surface area contributed by atoms with Crippen LogP contribution in [0.1, 0.15) is 49.4 Å². The zero-order valence-corrected chi connectivity index (χ0v) is 18.8. The van der Waals surface area contributed by atoms with E-state index in [1.165, 1.54) is 7.11 Å². The molecule has 1 aromatic carbocycles. The van der Waals surface area contributed by atoms with Crippen molar-refractivity contribution in [3.05, 3.63) is 75.1 Å². The first-order valence-electron chi connectivity index (χ1n) is 9.48. The molecule has 0 saturated heterocycles. The highest BCUT2D eigenvalue weighted by atomic mass is 79.9. The number of amides is 2. The van der Waals surface area contributed by atoms with Crippen molar-refractivity contribution in [2.24, 2.45) is 0 Å². The van der Waals surface area contributed by atoms with Gasteiger partial charge in [-0.15, -0.1) is 0 Å². The molecule has 0 aliphatic rings. The van der Waals surface area contributed by atoms with E-state index in [2.05, 4.69) is 36.5 Å². The average molecular weight is 485 g/mol. The van der Waals surface area contributed by atoms with Gasteiger partial charge in [0, 0.05) is 27.6 Å². The van der Waals surface area contributed by atoms with Crippen molar-refractivity contribution in [2.75, 3.05) is 17.7 Å². The number of nitrogens with zero attached hydrogens (tertiary/aromatic N) is 1. The maximum atomic E-state index is 12.8. The summed E-state index contributed by atoms with van der Waals surface area (Å²) in [6, 6.07) is 9.97. The number of ether oxygens (including phenoxy) is 1. The van der Waals surface area contributed by atoms with Gasteiger partial charge in [-0.2, -0.15) is 0 Å². The second kappa shape index (κ2) is 9.57. The first-order valence-corrected chi connectivity index (χ1v) is 10.3. The lowest BCUT2D eigenvalue weighted by Gasteiger charge is -2.08. The minimum Gasteiger partial charge on any atom is -0.465 e. The smallest absolute Gasteiger partial charge is 0.339 e. The quantitative estimate of drug-likeness (QED) is 0.450. The molecule has 0 fully saturated rings. The molecule has 31 heavy (non-hydrogen) atoms. The second-order valence-corrected chi connectivity index (χ2v) is 7.59. The molecule has 0 bridgehead atoms. The van der Waals surface area contributed by atoms with Crippen molar-refractivity contribution in [2.45, 2.75) is 20.3 Å². The number of aromatic nitrogens is 2. The van der Waals surface area contributed by atoms with Crippen molar-refractivity contribution in [1.82, 2.24) is 9.97 Å². The summed E-state index contributed by atoms with van der Waals surface area (Å²) in [7, 11) is 1.30. The number of carbonyl (C=O) groups is 3. The summed E-state index contributed by atoms with van der Waals surface area (Å²) in [5.74, 6) is -0.866.